The average molecular weight is 499 g/mol. The summed E-state index contributed by atoms with van der Waals surface area (Å²) >= 11 is 0. The van der Waals surface area contributed by atoms with Crippen molar-refractivity contribution >= 4 is 14.0 Å². The minimum Gasteiger partial charge on any atom is -0.450 e. The van der Waals surface area contributed by atoms with E-state index in [1.807, 2.05) is 0 Å². The molecule has 5 fully saturated rings. The highest BCUT2D eigenvalue weighted by Gasteiger charge is 2.86. The van der Waals surface area contributed by atoms with Gasteiger partial charge in [-0.1, -0.05) is 26.2 Å². The van der Waals surface area contributed by atoms with Crippen molar-refractivity contribution in [3.8, 4) is 0 Å². The van der Waals surface area contributed by atoms with Crippen LogP contribution in [0.2, 0.25) is 26.2 Å². The quantitative estimate of drug-likeness (QED) is 0.237. The third-order valence-electron chi connectivity index (χ3n) is 8.50. The second kappa shape index (κ2) is 7.63. The molecule has 0 spiro atoms. The van der Waals surface area contributed by atoms with Gasteiger partial charge in [-0.15, -0.1) is 0 Å². The zero-order valence-corrected chi connectivity index (χ0v) is 20.8. The summed E-state index contributed by atoms with van der Waals surface area (Å²) < 4.78 is 80.0. The number of rotatable bonds is 2. The van der Waals surface area contributed by atoms with E-state index in [1.54, 1.807) is 0 Å². The third kappa shape index (κ3) is 3.68. The maximum absolute atomic E-state index is 15.3. The van der Waals surface area contributed by atoms with Gasteiger partial charge in [-0.25, -0.2) is 0 Å². The smallest absolute Gasteiger partial charge is 0.449 e. The molecule has 4 aliphatic carbocycles. The zero-order valence-electron chi connectivity index (χ0n) is 19.8. The summed E-state index contributed by atoms with van der Waals surface area (Å²) in [7, 11) is -0.611. The Bertz CT molecular complexity index is 793. The van der Waals surface area contributed by atoms with Gasteiger partial charge in [0, 0.05) is 20.9 Å². The molecule has 33 heavy (non-hydrogen) atoms. The zero-order chi connectivity index (χ0) is 24.8. The van der Waals surface area contributed by atoms with Crippen molar-refractivity contribution in [1.29, 1.82) is 0 Å². The van der Waals surface area contributed by atoms with Gasteiger partial charge in [-0.05, 0) is 67.6 Å². The molecule has 0 amide bonds. The lowest BCUT2D eigenvalue weighted by Crippen LogP contribution is -2.67. The van der Waals surface area contributed by atoms with Crippen molar-refractivity contribution in [3.63, 3.8) is 0 Å². The van der Waals surface area contributed by atoms with Crippen molar-refractivity contribution in [2.24, 2.45) is 41.4 Å². The van der Waals surface area contributed by atoms with E-state index in [0.29, 0.717) is 24.2 Å². The molecule has 190 valence electrons. The van der Waals surface area contributed by atoms with Crippen LogP contribution in [0, 0.1) is 41.4 Å². The monoisotopic (exact) mass is 498 g/mol. The molecule has 0 aromatic carbocycles. The van der Waals surface area contributed by atoms with E-state index in [4.69, 9.17) is 4.74 Å². The molecule has 4 bridgehead atoms. The topological polar surface area (TPSA) is 55.8 Å². The summed E-state index contributed by atoms with van der Waals surface area (Å²) in [6, 6.07) is 0. The fourth-order valence-electron chi connectivity index (χ4n) is 7.81. The van der Waals surface area contributed by atoms with Crippen LogP contribution in [0.5, 0.6) is 0 Å². The van der Waals surface area contributed by atoms with Gasteiger partial charge in [-0.2, -0.15) is 22.0 Å². The normalized spacial score (nSPS) is 47.3. The summed E-state index contributed by atoms with van der Waals surface area (Å²) in [5.41, 5.74) is -2.80. The van der Waals surface area contributed by atoms with E-state index in [0.717, 1.165) is 26.2 Å². The number of carbonyl (C=O) groups is 1. The number of ether oxygens (including phenoxy) is 2. The molecule has 5 aliphatic rings. The van der Waals surface area contributed by atoms with Crippen molar-refractivity contribution in [2.75, 3.05) is 6.61 Å². The van der Waals surface area contributed by atoms with Crippen LogP contribution in [0.3, 0.4) is 0 Å². The van der Waals surface area contributed by atoms with Gasteiger partial charge in [0.1, 0.15) is 0 Å². The summed E-state index contributed by atoms with van der Waals surface area (Å²) in [5, 5.41) is 9.84. The molecule has 10 heteroatoms. The van der Waals surface area contributed by atoms with Crippen LogP contribution in [0.1, 0.15) is 39.0 Å². The summed E-state index contributed by atoms with van der Waals surface area (Å²) in [6.45, 7) is 9.05. The molecule has 0 aromatic heterocycles. The second-order valence-corrected chi connectivity index (χ2v) is 18.5. The second-order valence-electron chi connectivity index (χ2n) is 12.5. The molecule has 1 aliphatic heterocycles. The first kappa shape index (κ1) is 25.4. The van der Waals surface area contributed by atoms with Crippen molar-refractivity contribution < 1.29 is 41.3 Å². The molecule has 1 heterocycles. The number of alkyl halides is 5. The largest absolute Gasteiger partial charge is 0.450 e. The SMILES string of the molecule is CC(=O)OC1(C2CC3CC2C2C4CCC(C4)C32)COC(O)(C(F)(F)F)C1(F)F.C[Si](C)(C)C. The molecule has 1 saturated heterocycles. The number of fused-ring (bicyclic) bond motifs is 9. The van der Waals surface area contributed by atoms with Crippen LogP contribution < -0.4 is 0 Å². The predicted octanol–water partition coefficient (Wildman–Crippen LogP) is 5.48. The van der Waals surface area contributed by atoms with Gasteiger partial charge in [0.2, 0.25) is 5.60 Å². The highest BCUT2D eigenvalue weighted by Crippen LogP contribution is 2.72. The molecule has 9 unspecified atom stereocenters. The molecular formula is C23H35F5O4Si. The lowest BCUT2D eigenvalue weighted by Gasteiger charge is -2.47. The van der Waals surface area contributed by atoms with Gasteiger partial charge < -0.3 is 14.6 Å². The number of halogens is 5. The van der Waals surface area contributed by atoms with Gasteiger partial charge in [0.05, 0.1) is 6.61 Å². The Morgan fingerprint density at radius 2 is 1.55 bits per heavy atom. The molecule has 4 nitrogen and oxygen atoms in total. The van der Waals surface area contributed by atoms with Crippen LogP contribution in [0.15, 0.2) is 0 Å². The van der Waals surface area contributed by atoms with Crippen LogP contribution in [-0.4, -0.2) is 49.2 Å². The van der Waals surface area contributed by atoms with E-state index < -0.39 is 50.1 Å². The highest BCUT2D eigenvalue weighted by atomic mass is 28.3. The minimum atomic E-state index is -5.72. The molecule has 0 radical (unpaired) electrons. The fourth-order valence-corrected chi connectivity index (χ4v) is 7.81. The number of aliphatic hydroxyl groups is 1. The molecule has 0 aromatic rings. The van der Waals surface area contributed by atoms with Gasteiger partial charge >= 0.3 is 23.9 Å². The third-order valence-corrected chi connectivity index (χ3v) is 8.50. The average Bonchev–Trinajstić information content (AvgIpc) is 3.41. The number of hydrogen-bond acceptors (Lipinski definition) is 4. The summed E-state index contributed by atoms with van der Waals surface area (Å²) in [4.78, 5) is 11.7. The molecule has 4 saturated carbocycles. The Morgan fingerprint density at radius 3 is 2.03 bits per heavy atom. The van der Waals surface area contributed by atoms with Crippen molar-refractivity contribution in [2.45, 2.75) is 88.7 Å². The van der Waals surface area contributed by atoms with Crippen LogP contribution >= 0.6 is 0 Å². The Hall–Kier alpha value is -0.743. The Morgan fingerprint density at radius 1 is 1.00 bits per heavy atom. The van der Waals surface area contributed by atoms with Gasteiger partial charge in [-0.3, -0.25) is 4.79 Å². The maximum Gasteiger partial charge on any atom is 0.449 e. The number of hydrogen-bond donors (Lipinski definition) is 1. The van der Waals surface area contributed by atoms with Crippen molar-refractivity contribution in [1.82, 2.24) is 0 Å². The Labute approximate surface area is 192 Å². The molecule has 1 N–H and O–H groups in total. The van der Waals surface area contributed by atoms with E-state index >= 15 is 8.78 Å². The van der Waals surface area contributed by atoms with E-state index in [-0.39, 0.29) is 24.2 Å². The number of esters is 1. The first-order chi connectivity index (χ1) is 14.9. The molecular weight excluding hydrogens is 463 g/mol. The standard InChI is InChI=1S/C19H23F5O4.C4H12Si/c1-8(25)28-16(7-27-18(26,17(16,20)21)19(22,23)24)13-6-11-5-12(13)15-10-3-2-9(4-10)14(11)15;1-5(2,3)4/h9-15,26H,2-7H2,1H3;1-4H3. The summed E-state index contributed by atoms with van der Waals surface area (Å²) in [5.74, 6) is -9.92. The first-order valence-corrected chi connectivity index (χ1v) is 15.9. The van der Waals surface area contributed by atoms with Crippen molar-refractivity contribution in [3.05, 3.63) is 0 Å². The number of carbonyl (C=O) groups excluding carboxylic acids is 1. The van der Waals surface area contributed by atoms with Crippen LogP contribution in [0.25, 0.3) is 0 Å². The first-order valence-electron chi connectivity index (χ1n) is 11.9. The molecule has 5 rings (SSSR count). The predicted molar refractivity (Wildman–Crippen MR) is 113 cm³/mol. The summed E-state index contributed by atoms with van der Waals surface area (Å²) in [6.07, 6.45) is -1.52. The minimum absolute atomic E-state index is 0.165. The Kier molecular flexibility index (Phi) is 5.86. The molecule has 9 atom stereocenters. The van der Waals surface area contributed by atoms with E-state index in [2.05, 4.69) is 30.9 Å². The highest BCUT2D eigenvalue weighted by molar-refractivity contribution is 6.74. The van der Waals surface area contributed by atoms with E-state index in [9.17, 15) is 23.1 Å². The lowest BCUT2D eigenvalue weighted by atomic mass is 9.62. The van der Waals surface area contributed by atoms with Crippen LogP contribution in [-0.2, 0) is 14.3 Å². The lowest BCUT2D eigenvalue weighted by molar-refractivity contribution is -0.412. The fraction of sp³-hybridized carbons (Fsp3) is 0.957. The maximum atomic E-state index is 15.3. The van der Waals surface area contributed by atoms with Gasteiger partial charge in [0.15, 0.2) is 0 Å². The van der Waals surface area contributed by atoms with Gasteiger partial charge in [0.25, 0.3) is 0 Å². The van der Waals surface area contributed by atoms with E-state index in [1.165, 1.54) is 0 Å². The Balaban J connectivity index is 0.000000471. The van der Waals surface area contributed by atoms with Crippen LogP contribution in [0.4, 0.5) is 22.0 Å².